The van der Waals surface area contributed by atoms with E-state index in [-0.39, 0.29) is 5.54 Å². The van der Waals surface area contributed by atoms with E-state index in [0.717, 1.165) is 29.1 Å². The summed E-state index contributed by atoms with van der Waals surface area (Å²) in [4.78, 5) is 0. The van der Waals surface area contributed by atoms with Crippen LogP contribution in [0.3, 0.4) is 0 Å². The molecule has 0 saturated carbocycles. The van der Waals surface area contributed by atoms with Crippen LogP contribution in [0.5, 0.6) is 11.5 Å². The fourth-order valence-corrected chi connectivity index (χ4v) is 2.96. The van der Waals surface area contributed by atoms with Crippen LogP contribution in [0, 0.1) is 0 Å². The Bertz CT molecular complexity index is 867. The van der Waals surface area contributed by atoms with Crippen LogP contribution in [0.25, 0.3) is 10.9 Å². The molecule has 0 amide bonds. The smallest absolute Gasteiger partial charge is 0.119 e. The Morgan fingerprint density at radius 3 is 2.36 bits per heavy atom. The summed E-state index contributed by atoms with van der Waals surface area (Å²) in [6.45, 7) is 6.93. The van der Waals surface area contributed by atoms with Gasteiger partial charge in [0.15, 0.2) is 0 Å². The lowest BCUT2D eigenvalue weighted by Gasteiger charge is -2.29. The van der Waals surface area contributed by atoms with Crippen molar-refractivity contribution in [1.29, 1.82) is 0 Å². The Morgan fingerprint density at radius 1 is 1.04 bits per heavy atom. The molecule has 0 saturated heterocycles. The molecule has 0 unspecified atom stereocenters. The molecule has 0 aliphatic rings. The third-order valence-corrected chi connectivity index (χ3v) is 4.45. The van der Waals surface area contributed by atoms with Gasteiger partial charge in [-0.15, -0.1) is 6.58 Å². The minimum absolute atomic E-state index is 0.291. The standard InChI is InChI=1S/C21H24N2O2/c1-5-21(2,22-17-6-8-18(24-3)9-7-17)15-23-13-12-16-14-19(25-4)10-11-20(16)23/h5-14,22H,1,15H2,2-4H3/t21-/m0/s1. The van der Waals surface area contributed by atoms with Crippen LogP contribution < -0.4 is 14.8 Å². The van der Waals surface area contributed by atoms with Gasteiger partial charge in [-0.05, 0) is 55.5 Å². The number of methoxy groups -OCH3 is 2. The van der Waals surface area contributed by atoms with Crippen LogP contribution >= 0.6 is 0 Å². The summed E-state index contributed by atoms with van der Waals surface area (Å²) in [5.74, 6) is 1.71. The molecule has 0 bridgehead atoms. The second-order valence-corrected chi connectivity index (χ2v) is 6.34. The maximum atomic E-state index is 5.30. The molecule has 0 radical (unpaired) electrons. The van der Waals surface area contributed by atoms with E-state index < -0.39 is 0 Å². The van der Waals surface area contributed by atoms with Crippen molar-refractivity contribution < 1.29 is 9.47 Å². The zero-order chi connectivity index (χ0) is 17.9. The van der Waals surface area contributed by atoms with E-state index in [4.69, 9.17) is 9.47 Å². The first-order chi connectivity index (χ1) is 12.1. The summed E-state index contributed by atoms with van der Waals surface area (Å²) >= 11 is 0. The topological polar surface area (TPSA) is 35.4 Å². The van der Waals surface area contributed by atoms with Gasteiger partial charge in [-0.1, -0.05) is 6.08 Å². The van der Waals surface area contributed by atoms with E-state index in [9.17, 15) is 0 Å². The molecule has 0 aliphatic carbocycles. The zero-order valence-electron chi connectivity index (χ0n) is 15.0. The first-order valence-corrected chi connectivity index (χ1v) is 8.25. The summed E-state index contributed by atoms with van der Waals surface area (Å²) in [7, 11) is 3.36. The molecule has 25 heavy (non-hydrogen) atoms. The van der Waals surface area contributed by atoms with Gasteiger partial charge < -0.3 is 19.4 Å². The minimum atomic E-state index is -0.291. The molecule has 1 atom stereocenters. The number of hydrogen-bond donors (Lipinski definition) is 1. The third kappa shape index (κ3) is 3.63. The average Bonchev–Trinajstić information content (AvgIpc) is 3.04. The van der Waals surface area contributed by atoms with Gasteiger partial charge in [-0.2, -0.15) is 0 Å². The van der Waals surface area contributed by atoms with E-state index in [0.29, 0.717) is 0 Å². The first kappa shape index (κ1) is 17.0. The largest absolute Gasteiger partial charge is 0.497 e. The molecule has 1 heterocycles. The third-order valence-electron chi connectivity index (χ3n) is 4.45. The highest BCUT2D eigenvalue weighted by atomic mass is 16.5. The second-order valence-electron chi connectivity index (χ2n) is 6.34. The lowest BCUT2D eigenvalue weighted by molar-refractivity contribution is 0.414. The Labute approximate surface area is 148 Å². The van der Waals surface area contributed by atoms with Crippen molar-refractivity contribution in [3.8, 4) is 11.5 Å². The van der Waals surface area contributed by atoms with Crippen molar-refractivity contribution in [2.24, 2.45) is 0 Å². The number of rotatable bonds is 7. The molecule has 130 valence electrons. The van der Waals surface area contributed by atoms with E-state index >= 15 is 0 Å². The summed E-state index contributed by atoms with van der Waals surface area (Å²) in [6.07, 6.45) is 4.05. The molecule has 4 nitrogen and oxygen atoms in total. The number of nitrogens with one attached hydrogen (secondary N) is 1. The molecule has 0 spiro atoms. The van der Waals surface area contributed by atoms with Gasteiger partial charge in [0.2, 0.25) is 0 Å². The lowest BCUT2D eigenvalue weighted by atomic mass is 10.0. The summed E-state index contributed by atoms with van der Waals surface area (Å²) in [5.41, 5.74) is 1.91. The highest BCUT2D eigenvalue weighted by Gasteiger charge is 2.21. The normalized spacial score (nSPS) is 13.2. The molecule has 1 N–H and O–H groups in total. The fourth-order valence-electron chi connectivity index (χ4n) is 2.96. The molecular weight excluding hydrogens is 312 g/mol. The summed E-state index contributed by atoms with van der Waals surface area (Å²) < 4.78 is 12.7. The van der Waals surface area contributed by atoms with Crippen LogP contribution in [0.1, 0.15) is 6.92 Å². The van der Waals surface area contributed by atoms with Gasteiger partial charge in [0.1, 0.15) is 11.5 Å². The fraction of sp³-hybridized carbons (Fsp3) is 0.238. The van der Waals surface area contributed by atoms with Gasteiger partial charge >= 0.3 is 0 Å². The highest BCUT2D eigenvalue weighted by Crippen LogP contribution is 2.26. The minimum Gasteiger partial charge on any atom is -0.497 e. The predicted octanol–water partition coefficient (Wildman–Crippen LogP) is 4.72. The van der Waals surface area contributed by atoms with E-state index in [1.165, 1.54) is 5.52 Å². The zero-order valence-corrected chi connectivity index (χ0v) is 15.0. The Kier molecular flexibility index (Phi) is 4.70. The van der Waals surface area contributed by atoms with E-state index in [1.807, 2.05) is 42.5 Å². The Morgan fingerprint density at radius 2 is 1.72 bits per heavy atom. The Balaban J connectivity index is 1.83. The predicted molar refractivity (Wildman–Crippen MR) is 104 cm³/mol. The molecule has 2 aromatic carbocycles. The van der Waals surface area contributed by atoms with Crippen molar-refractivity contribution in [2.45, 2.75) is 19.0 Å². The SMILES string of the molecule is C=C[C@@](C)(Cn1ccc2cc(OC)ccc21)Nc1ccc(OC)cc1. The van der Waals surface area contributed by atoms with Crippen molar-refractivity contribution in [1.82, 2.24) is 4.57 Å². The summed E-state index contributed by atoms with van der Waals surface area (Å²) in [6, 6.07) is 16.2. The molecule has 1 aromatic heterocycles. The van der Waals surface area contributed by atoms with Crippen LogP contribution in [0.4, 0.5) is 5.69 Å². The van der Waals surface area contributed by atoms with Crippen molar-refractivity contribution in [3.63, 3.8) is 0 Å². The maximum absolute atomic E-state index is 5.30. The number of fused-ring (bicyclic) bond motifs is 1. The maximum Gasteiger partial charge on any atom is 0.119 e. The van der Waals surface area contributed by atoms with Crippen LogP contribution in [0.15, 0.2) is 67.4 Å². The first-order valence-electron chi connectivity index (χ1n) is 8.25. The number of hydrogen-bond acceptors (Lipinski definition) is 3. The number of nitrogens with zero attached hydrogens (tertiary/aromatic N) is 1. The van der Waals surface area contributed by atoms with Crippen LogP contribution in [0.2, 0.25) is 0 Å². The van der Waals surface area contributed by atoms with Crippen LogP contribution in [-0.2, 0) is 6.54 Å². The molecule has 0 aliphatic heterocycles. The van der Waals surface area contributed by atoms with Gasteiger partial charge in [0.25, 0.3) is 0 Å². The van der Waals surface area contributed by atoms with Gasteiger partial charge in [0.05, 0.1) is 19.8 Å². The summed E-state index contributed by atoms with van der Waals surface area (Å²) in [5, 5.41) is 4.73. The van der Waals surface area contributed by atoms with E-state index in [1.54, 1.807) is 14.2 Å². The number of ether oxygens (including phenoxy) is 2. The van der Waals surface area contributed by atoms with Crippen molar-refractivity contribution in [3.05, 3.63) is 67.4 Å². The quantitative estimate of drug-likeness (QED) is 0.634. The average molecular weight is 336 g/mol. The molecule has 3 aromatic rings. The molecule has 0 fully saturated rings. The lowest BCUT2D eigenvalue weighted by Crippen LogP contribution is -2.36. The van der Waals surface area contributed by atoms with Crippen molar-refractivity contribution in [2.75, 3.05) is 19.5 Å². The van der Waals surface area contributed by atoms with E-state index in [2.05, 4.69) is 41.7 Å². The Hall–Kier alpha value is -2.88. The monoisotopic (exact) mass is 336 g/mol. The van der Waals surface area contributed by atoms with Gasteiger partial charge in [0, 0.05) is 29.3 Å². The van der Waals surface area contributed by atoms with Crippen molar-refractivity contribution >= 4 is 16.6 Å². The molecule has 3 rings (SSSR count). The number of anilines is 1. The van der Waals surface area contributed by atoms with Gasteiger partial charge in [-0.25, -0.2) is 0 Å². The number of aromatic nitrogens is 1. The number of benzene rings is 2. The van der Waals surface area contributed by atoms with Gasteiger partial charge in [-0.3, -0.25) is 0 Å². The van der Waals surface area contributed by atoms with Crippen LogP contribution in [-0.4, -0.2) is 24.3 Å². The second kappa shape index (κ2) is 6.93. The molecular formula is C21H24N2O2. The molecule has 4 heteroatoms. The highest BCUT2D eigenvalue weighted by molar-refractivity contribution is 5.81.